The van der Waals surface area contributed by atoms with E-state index in [1.54, 1.807) is 0 Å². The minimum atomic E-state index is -0.849. The molecule has 0 aromatic heterocycles. The molecule has 0 spiro atoms. The highest BCUT2D eigenvalue weighted by atomic mass is 16.4. The Kier molecular flexibility index (Phi) is 3.25. The van der Waals surface area contributed by atoms with Crippen molar-refractivity contribution in [3.05, 3.63) is 0 Å². The van der Waals surface area contributed by atoms with Gasteiger partial charge in [0.05, 0.1) is 12.0 Å². The molecule has 1 unspecified atom stereocenters. The number of carbonyl (C=O) groups excluding carboxylic acids is 1. The number of nitrogens with one attached hydrogen (secondary N) is 2. The maximum Gasteiger partial charge on any atom is 0.315 e. The average Bonchev–Trinajstić information content (AvgIpc) is 2.79. The van der Waals surface area contributed by atoms with E-state index in [9.17, 15) is 9.59 Å². The van der Waals surface area contributed by atoms with Crippen LogP contribution in [0.4, 0.5) is 4.79 Å². The number of amides is 2. The molecule has 3 N–H and O–H groups in total. The number of carboxylic acid groups (broad SMARTS) is 1. The summed E-state index contributed by atoms with van der Waals surface area (Å²) in [6.07, 6.45) is 3.69. The largest absolute Gasteiger partial charge is 0.481 e. The van der Waals surface area contributed by atoms with Crippen LogP contribution in [0.1, 0.15) is 46.0 Å². The molecule has 1 atom stereocenters. The summed E-state index contributed by atoms with van der Waals surface area (Å²) in [4.78, 5) is 22.5. The van der Waals surface area contributed by atoms with Crippen LogP contribution in [0.3, 0.4) is 0 Å². The topological polar surface area (TPSA) is 78.4 Å². The van der Waals surface area contributed by atoms with E-state index in [4.69, 9.17) is 5.11 Å². The Morgan fingerprint density at radius 3 is 2.33 bits per heavy atom. The Hall–Kier alpha value is -1.26. The molecule has 2 fully saturated rings. The molecule has 2 saturated carbocycles. The number of aliphatic carboxylic acids is 1. The van der Waals surface area contributed by atoms with Crippen molar-refractivity contribution in [2.45, 2.75) is 51.5 Å². The lowest BCUT2D eigenvalue weighted by atomic mass is 9.74. The van der Waals surface area contributed by atoms with Crippen LogP contribution in [0, 0.1) is 11.3 Å². The standard InChI is InChI=1S/C13H22N2O3/c1-12(2)6-9(12)8-14-11(18)15-13(4-3-5-13)7-10(16)17/h9H,3-8H2,1-2H3,(H,16,17)(H2,14,15,18). The summed E-state index contributed by atoms with van der Waals surface area (Å²) in [5, 5.41) is 14.5. The minimum absolute atomic E-state index is 0.0232. The fourth-order valence-electron chi connectivity index (χ4n) is 2.66. The molecule has 0 saturated heterocycles. The first-order valence-electron chi connectivity index (χ1n) is 6.61. The second kappa shape index (κ2) is 4.44. The number of rotatable bonds is 5. The molecule has 0 bridgehead atoms. The Morgan fingerprint density at radius 1 is 1.33 bits per heavy atom. The number of hydrogen-bond donors (Lipinski definition) is 3. The molecule has 0 radical (unpaired) electrons. The van der Waals surface area contributed by atoms with Crippen LogP contribution in [0.5, 0.6) is 0 Å². The molecular weight excluding hydrogens is 232 g/mol. The van der Waals surface area contributed by atoms with Gasteiger partial charge in [-0.3, -0.25) is 4.79 Å². The van der Waals surface area contributed by atoms with Crippen molar-refractivity contribution in [3.63, 3.8) is 0 Å². The number of urea groups is 1. The van der Waals surface area contributed by atoms with Crippen LogP contribution in [0.2, 0.25) is 0 Å². The Morgan fingerprint density at radius 2 is 1.94 bits per heavy atom. The quantitative estimate of drug-likeness (QED) is 0.699. The molecular formula is C13H22N2O3. The van der Waals surface area contributed by atoms with Crippen molar-refractivity contribution >= 4 is 12.0 Å². The third kappa shape index (κ3) is 2.94. The number of carbonyl (C=O) groups is 2. The summed E-state index contributed by atoms with van der Waals surface area (Å²) in [6, 6.07) is -0.223. The van der Waals surface area contributed by atoms with E-state index in [-0.39, 0.29) is 12.5 Å². The van der Waals surface area contributed by atoms with Gasteiger partial charge in [-0.05, 0) is 37.0 Å². The molecule has 5 heteroatoms. The predicted molar refractivity (Wildman–Crippen MR) is 67.3 cm³/mol. The molecule has 18 heavy (non-hydrogen) atoms. The van der Waals surface area contributed by atoms with Crippen LogP contribution in [-0.4, -0.2) is 29.2 Å². The highest BCUT2D eigenvalue weighted by Gasteiger charge is 2.45. The van der Waals surface area contributed by atoms with Gasteiger partial charge in [0, 0.05) is 6.54 Å². The smallest absolute Gasteiger partial charge is 0.315 e. The monoisotopic (exact) mass is 254 g/mol. The zero-order valence-electron chi connectivity index (χ0n) is 11.1. The van der Waals surface area contributed by atoms with E-state index in [0.29, 0.717) is 17.9 Å². The number of hydrogen-bond acceptors (Lipinski definition) is 2. The lowest BCUT2D eigenvalue weighted by Crippen LogP contribution is -2.57. The van der Waals surface area contributed by atoms with Crippen molar-refractivity contribution in [2.75, 3.05) is 6.54 Å². The van der Waals surface area contributed by atoms with Crippen LogP contribution >= 0.6 is 0 Å². The average molecular weight is 254 g/mol. The van der Waals surface area contributed by atoms with Crippen LogP contribution < -0.4 is 10.6 Å². The van der Waals surface area contributed by atoms with Crippen LogP contribution in [-0.2, 0) is 4.79 Å². The zero-order chi connectivity index (χ0) is 13.4. The first-order chi connectivity index (χ1) is 8.33. The maximum atomic E-state index is 11.8. The predicted octanol–water partition coefficient (Wildman–Crippen LogP) is 1.73. The van der Waals surface area contributed by atoms with Gasteiger partial charge in [0.2, 0.25) is 0 Å². The van der Waals surface area contributed by atoms with E-state index in [1.165, 1.54) is 0 Å². The summed E-state index contributed by atoms with van der Waals surface area (Å²) < 4.78 is 0. The Bertz CT molecular complexity index is 361. The molecule has 2 amide bonds. The van der Waals surface area contributed by atoms with E-state index in [1.807, 2.05) is 0 Å². The van der Waals surface area contributed by atoms with Gasteiger partial charge in [-0.25, -0.2) is 4.79 Å². The van der Waals surface area contributed by atoms with Crippen molar-refractivity contribution < 1.29 is 14.7 Å². The third-order valence-corrected chi connectivity index (χ3v) is 4.41. The normalized spacial score (nSPS) is 26.9. The third-order valence-electron chi connectivity index (χ3n) is 4.41. The molecule has 0 aromatic carbocycles. The summed E-state index contributed by atoms with van der Waals surface area (Å²) >= 11 is 0. The maximum absolute atomic E-state index is 11.8. The summed E-state index contributed by atoms with van der Waals surface area (Å²) in [7, 11) is 0. The van der Waals surface area contributed by atoms with Gasteiger partial charge < -0.3 is 15.7 Å². The first kappa shape index (κ1) is 13.2. The van der Waals surface area contributed by atoms with Crippen molar-refractivity contribution in [1.29, 1.82) is 0 Å². The summed E-state index contributed by atoms with van der Waals surface area (Å²) in [6.45, 7) is 5.06. The molecule has 2 aliphatic carbocycles. The van der Waals surface area contributed by atoms with Gasteiger partial charge in [-0.2, -0.15) is 0 Å². The summed E-state index contributed by atoms with van der Waals surface area (Å²) in [5.74, 6) is -0.293. The van der Waals surface area contributed by atoms with Gasteiger partial charge in [0.1, 0.15) is 0 Å². The SMILES string of the molecule is CC1(C)CC1CNC(=O)NC1(CC(=O)O)CCC1. The Labute approximate surface area is 107 Å². The lowest BCUT2D eigenvalue weighted by molar-refractivity contribution is -0.139. The second-order valence-corrected chi connectivity index (χ2v) is 6.43. The van der Waals surface area contributed by atoms with Gasteiger partial charge >= 0.3 is 12.0 Å². The minimum Gasteiger partial charge on any atom is -0.481 e. The Balaban J connectivity index is 1.74. The highest BCUT2D eigenvalue weighted by Crippen LogP contribution is 2.50. The van der Waals surface area contributed by atoms with E-state index in [2.05, 4.69) is 24.5 Å². The second-order valence-electron chi connectivity index (χ2n) is 6.43. The molecule has 5 nitrogen and oxygen atoms in total. The van der Waals surface area contributed by atoms with Crippen molar-refractivity contribution in [1.82, 2.24) is 10.6 Å². The van der Waals surface area contributed by atoms with Gasteiger partial charge in [-0.15, -0.1) is 0 Å². The highest BCUT2D eigenvalue weighted by molar-refractivity contribution is 5.77. The molecule has 0 aliphatic heterocycles. The molecule has 0 aromatic rings. The van der Waals surface area contributed by atoms with Crippen LogP contribution in [0.25, 0.3) is 0 Å². The van der Waals surface area contributed by atoms with Gasteiger partial charge in [-0.1, -0.05) is 13.8 Å². The number of carboxylic acids is 1. The van der Waals surface area contributed by atoms with Gasteiger partial charge in [0.15, 0.2) is 0 Å². The fraction of sp³-hybridized carbons (Fsp3) is 0.846. The fourth-order valence-corrected chi connectivity index (χ4v) is 2.66. The van der Waals surface area contributed by atoms with Crippen molar-refractivity contribution in [3.8, 4) is 0 Å². The van der Waals surface area contributed by atoms with Crippen LogP contribution in [0.15, 0.2) is 0 Å². The van der Waals surface area contributed by atoms with E-state index < -0.39 is 11.5 Å². The van der Waals surface area contributed by atoms with E-state index >= 15 is 0 Å². The molecule has 2 aliphatic rings. The molecule has 0 heterocycles. The first-order valence-corrected chi connectivity index (χ1v) is 6.61. The molecule has 102 valence electrons. The van der Waals surface area contributed by atoms with Crippen molar-refractivity contribution in [2.24, 2.45) is 11.3 Å². The van der Waals surface area contributed by atoms with E-state index in [0.717, 1.165) is 25.7 Å². The lowest BCUT2D eigenvalue weighted by Gasteiger charge is -2.41. The zero-order valence-corrected chi connectivity index (χ0v) is 11.1. The van der Waals surface area contributed by atoms with Gasteiger partial charge in [0.25, 0.3) is 0 Å². The summed E-state index contributed by atoms with van der Waals surface area (Å²) in [5.41, 5.74) is -0.155. The molecule has 2 rings (SSSR count).